The van der Waals surface area contributed by atoms with Crippen molar-refractivity contribution in [3.8, 4) is 0 Å². The lowest BCUT2D eigenvalue weighted by atomic mass is 9.98. The van der Waals surface area contributed by atoms with Gasteiger partial charge in [0.25, 0.3) is 0 Å². The van der Waals surface area contributed by atoms with Crippen molar-refractivity contribution in [2.45, 2.75) is 39.3 Å². The van der Waals surface area contributed by atoms with Crippen LogP contribution in [-0.4, -0.2) is 41.3 Å². The quantitative estimate of drug-likeness (QED) is 0.623. The van der Waals surface area contributed by atoms with Crippen LogP contribution in [0.3, 0.4) is 0 Å². The number of nitrogens with zero attached hydrogens (tertiary/aromatic N) is 2. The molecule has 0 bridgehead atoms. The van der Waals surface area contributed by atoms with Crippen molar-refractivity contribution in [1.82, 2.24) is 15.1 Å². The van der Waals surface area contributed by atoms with Crippen LogP contribution in [0.5, 0.6) is 0 Å². The third-order valence-corrected chi connectivity index (χ3v) is 4.76. The summed E-state index contributed by atoms with van der Waals surface area (Å²) in [5.74, 6) is -0.615. The van der Waals surface area contributed by atoms with Crippen LogP contribution in [0.2, 0.25) is 0 Å². The average molecular weight is 385 g/mol. The summed E-state index contributed by atoms with van der Waals surface area (Å²) in [6.07, 6.45) is -0.513. The second-order valence-electron chi connectivity index (χ2n) is 7.03. The molecule has 8 nitrogen and oxygen atoms in total. The SMILES string of the molecule is CCOC(=O)n1nc(CC(=O)c2ccc(C(=O)OC)cc2)c2c1C(C)(C)NC2. The molecular formula is C20H23N3O5. The van der Waals surface area contributed by atoms with E-state index in [9.17, 15) is 14.4 Å². The Morgan fingerprint density at radius 3 is 2.43 bits per heavy atom. The Morgan fingerprint density at radius 2 is 1.82 bits per heavy atom. The molecule has 0 atom stereocenters. The van der Waals surface area contributed by atoms with Crippen molar-refractivity contribution >= 4 is 17.8 Å². The molecule has 2 heterocycles. The fourth-order valence-corrected chi connectivity index (χ4v) is 3.34. The maximum absolute atomic E-state index is 12.7. The van der Waals surface area contributed by atoms with Crippen LogP contribution in [0.25, 0.3) is 0 Å². The van der Waals surface area contributed by atoms with Crippen LogP contribution in [0.4, 0.5) is 4.79 Å². The van der Waals surface area contributed by atoms with Gasteiger partial charge < -0.3 is 14.8 Å². The van der Waals surface area contributed by atoms with E-state index in [1.165, 1.54) is 11.8 Å². The molecule has 1 aliphatic heterocycles. The van der Waals surface area contributed by atoms with E-state index in [-0.39, 0.29) is 18.8 Å². The maximum atomic E-state index is 12.7. The molecule has 0 unspecified atom stereocenters. The maximum Gasteiger partial charge on any atom is 0.434 e. The van der Waals surface area contributed by atoms with Gasteiger partial charge >= 0.3 is 12.1 Å². The molecule has 0 saturated heterocycles. The van der Waals surface area contributed by atoms with Crippen LogP contribution >= 0.6 is 0 Å². The average Bonchev–Trinajstić information content (AvgIpc) is 3.20. The topological polar surface area (TPSA) is 99.5 Å². The first-order valence-electron chi connectivity index (χ1n) is 9.03. The molecule has 1 aromatic carbocycles. The van der Waals surface area contributed by atoms with Crippen LogP contribution < -0.4 is 5.32 Å². The van der Waals surface area contributed by atoms with Gasteiger partial charge in [0.2, 0.25) is 0 Å². The van der Waals surface area contributed by atoms with Gasteiger partial charge in [-0.05, 0) is 32.9 Å². The highest BCUT2D eigenvalue weighted by Gasteiger charge is 2.38. The Kier molecular flexibility index (Phi) is 5.33. The largest absolute Gasteiger partial charge is 0.465 e. The molecule has 0 radical (unpaired) electrons. The summed E-state index contributed by atoms with van der Waals surface area (Å²) >= 11 is 0. The Morgan fingerprint density at radius 1 is 1.18 bits per heavy atom. The number of ketones is 1. The number of fused-ring (bicyclic) bond motifs is 1. The molecule has 2 aromatic rings. The van der Waals surface area contributed by atoms with E-state index in [0.717, 1.165) is 11.3 Å². The predicted molar refractivity (Wildman–Crippen MR) is 100 cm³/mol. The molecule has 28 heavy (non-hydrogen) atoms. The number of carbonyl (C=O) groups excluding carboxylic acids is 3. The van der Waals surface area contributed by atoms with E-state index < -0.39 is 17.6 Å². The second kappa shape index (κ2) is 7.55. The van der Waals surface area contributed by atoms with Crippen LogP contribution in [0.15, 0.2) is 24.3 Å². The lowest BCUT2D eigenvalue weighted by Crippen LogP contribution is -2.34. The Bertz CT molecular complexity index is 928. The summed E-state index contributed by atoms with van der Waals surface area (Å²) < 4.78 is 11.0. The zero-order valence-electron chi connectivity index (χ0n) is 16.4. The van der Waals surface area contributed by atoms with Crippen LogP contribution in [0.1, 0.15) is 58.4 Å². The number of carbonyl (C=O) groups is 3. The molecule has 0 amide bonds. The van der Waals surface area contributed by atoms with E-state index in [0.29, 0.717) is 23.4 Å². The van der Waals surface area contributed by atoms with E-state index in [1.54, 1.807) is 31.2 Å². The monoisotopic (exact) mass is 385 g/mol. The van der Waals surface area contributed by atoms with E-state index in [1.807, 2.05) is 13.8 Å². The Balaban J connectivity index is 1.88. The van der Waals surface area contributed by atoms with E-state index in [4.69, 9.17) is 4.74 Å². The molecule has 3 rings (SSSR count). The standard InChI is InChI=1S/C20H23N3O5/c1-5-28-19(26)23-17-14(11-21-20(17,2)3)15(22-23)10-16(24)12-6-8-13(9-7-12)18(25)27-4/h6-9,21H,5,10-11H2,1-4H3. The summed E-state index contributed by atoms with van der Waals surface area (Å²) in [6.45, 7) is 6.39. The molecule has 1 N–H and O–H groups in total. The van der Waals surface area contributed by atoms with Crippen molar-refractivity contribution in [1.29, 1.82) is 0 Å². The van der Waals surface area contributed by atoms with Gasteiger partial charge in [-0.3, -0.25) is 4.79 Å². The first-order valence-corrected chi connectivity index (χ1v) is 9.03. The number of rotatable bonds is 5. The van der Waals surface area contributed by atoms with Gasteiger partial charge in [-0.2, -0.15) is 9.78 Å². The Labute approximate surface area is 162 Å². The Hall–Kier alpha value is -3.00. The number of methoxy groups -OCH3 is 1. The van der Waals surface area contributed by atoms with Gasteiger partial charge in [-0.15, -0.1) is 0 Å². The molecule has 0 aliphatic carbocycles. The van der Waals surface area contributed by atoms with Crippen molar-refractivity contribution in [3.63, 3.8) is 0 Å². The fraction of sp³-hybridized carbons (Fsp3) is 0.400. The smallest absolute Gasteiger partial charge is 0.434 e. The van der Waals surface area contributed by atoms with Gasteiger partial charge in [0.1, 0.15) is 0 Å². The zero-order valence-corrected chi connectivity index (χ0v) is 16.4. The predicted octanol–water partition coefficient (Wildman–Crippen LogP) is 2.44. The van der Waals surface area contributed by atoms with Crippen molar-refractivity contribution in [2.24, 2.45) is 0 Å². The van der Waals surface area contributed by atoms with Gasteiger partial charge in [0, 0.05) is 17.7 Å². The molecule has 1 aliphatic rings. The van der Waals surface area contributed by atoms with Crippen molar-refractivity contribution in [3.05, 3.63) is 52.3 Å². The molecule has 0 fully saturated rings. The van der Waals surface area contributed by atoms with Crippen molar-refractivity contribution in [2.75, 3.05) is 13.7 Å². The first-order chi connectivity index (χ1) is 13.3. The van der Waals surface area contributed by atoms with Crippen LogP contribution in [0, 0.1) is 0 Å². The minimum Gasteiger partial charge on any atom is -0.465 e. The molecule has 148 valence electrons. The summed E-state index contributed by atoms with van der Waals surface area (Å²) in [4.78, 5) is 36.6. The number of benzene rings is 1. The summed E-state index contributed by atoms with van der Waals surface area (Å²) in [5.41, 5.74) is 2.48. The lowest BCUT2D eigenvalue weighted by molar-refractivity contribution is 0.0600. The molecular weight excluding hydrogens is 362 g/mol. The first kappa shape index (κ1) is 19.8. The second-order valence-corrected chi connectivity index (χ2v) is 7.03. The van der Waals surface area contributed by atoms with Crippen LogP contribution in [-0.2, 0) is 28.0 Å². The molecule has 0 saturated carbocycles. The zero-order chi connectivity index (χ0) is 20.5. The minimum atomic E-state index is -0.559. The lowest BCUT2D eigenvalue weighted by Gasteiger charge is -2.20. The minimum absolute atomic E-state index is 0.0457. The molecule has 0 spiro atoms. The van der Waals surface area contributed by atoms with Gasteiger partial charge in [-0.25, -0.2) is 9.59 Å². The molecule has 8 heteroatoms. The third-order valence-electron chi connectivity index (χ3n) is 4.76. The van der Waals surface area contributed by atoms with Gasteiger partial charge in [0.15, 0.2) is 5.78 Å². The number of nitrogens with one attached hydrogen (secondary N) is 1. The number of hydrogen-bond acceptors (Lipinski definition) is 7. The normalized spacial score (nSPS) is 14.4. The molecule has 1 aromatic heterocycles. The highest BCUT2D eigenvalue weighted by Crippen LogP contribution is 2.33. The van der Waals surface area contributed by atoms with E-state index >= 15 is 0 Å². The van der Waals surface area contributed by atoms with Gasteiger partial charge in [0.05, 0.1) is 42.6 Å². The van der Waals surface area contributed by atoms with Crippen molar-refractivity contribution < 1.29 is 23.9 Å². The van der Waals surface area contributed by atoms with E-state index in [2.05, 4.69) is 15.2 Å². The van der Waals surface area contributed by atoms with Gasteiger partial charge in [-0.1, -0.05) is 12.1 Å². The number of esters is 1. The number of aromatic nitrogens is 2. The number of ether oxygens (including phenoxy) is 2. The number of Topliss-reactive ketones (excluding diaryl/α,β-unsaturated/α-hetero) is 1. The summed E-state index contributed by atoms with van der Waals surface area (Å²) in [7, 11) is 1.30. The summed E-state index contributed by atoms with van der Waals surface area (Å²) in [6, 6.07) is 6.26. The fourth-order valence-electron chi connectivity index (χ4n) is 3.34. The highest BCUT2D eigenvalue weighted by molar-refractivity contribution is 5.98. The number of hydrogen-bond donors (Lipinski definition) is 1. The third kappa shape index (κ3) is 3.55. The highest BCUT2D eigenvalue weighted by atomic mass is 16.6. The summed E-state index contributed by atoms with van der Waals surface area (Å²) in [5, 5.41) is 7.70.